The Morgan fingerprint density at radius 1 is 0.816 bits per heavy atom. The second-order valence-electron chi connectivity index (χ2n) is 8.95. The van der Waals surface area contributed by atoms with E-state index in [1.807, 2.05) is 36.7 Å². The molecule has 0 aliphatic carbocycles. The molecule has 38 heavy (non-hydrogen) atoms. The van der Waals surface area contributed by atoms with Gasteiger partial charge in [0.25, 0.3) is 0 Å². The summed E-state index contributed by atoms with van der Waals surface area (Å²) in [5.41, 5.74) is 2.64. The van der Waals surface area contributed by atoms with Crippen LogP contribution < -0.4 is 15.2 Å². The number of nitrogens with one attached hydrogen (secondary N) is 2. The molecule has 0 atom stereocenters. The van der Waals surface area contributed by atoms with Crippen LogP contribution in [0, 0.1) is 0 Å². The van der Waals surface area contributed by atoms with Crippen molar-refractivity contribution < 1.29 is 13.2 Å². The average Bonchev–Trinajstić information content (AvgIpc) is 2.90. The summed E-state index contributed by atoms with van der Waals surface area (Å²) < 4.78 is 25.3. The van der Waals surface area contributed by atoms with Gasteiger partial charge in [0.1, 0.15) is 0 Å². The van der Waals surface area contributed by atoms with Crippen molar-refractivity contribution in [1.82, 2.24) is 19.6 Å². The summed E-state index contributed by atoms with van der Waals surface area (Å²) in [4.78, 5) is 23.4. The Bertz CT molecular complexity index is 1160. The number of sulfonamides is 1. The molecule has 0 aliphatic rings. The molecule has 0 unspecified atom stereocenters. The third-order valence-corrected chi connectivity index (χ3v) is 7.55. The number of amides is 2. The van der Waals surface area contributed by atoms with Gasteiger partial charge in [0.05, 0.1) is 16.3 Å². The molecule has 0 aliphatic heterocycles. The minimum atomic E-state index is -3.75. The van der Waals surface area contributed by atoms with Crippen molar-refractivity contribution in [2.75, 3.05) is 17.6 Å². The van der Waals surface area contributed by atoms with E-state index < -0.39 is 10.0 Å². The molecule has 3 rings (SSSR count). The molecule has 0 spiro atoms. The predicted octanol–water partition coefficient (Wildman–Crippen LogP) is 4.94. The van der Waals surface area contributed by atoms with Crippen LogP contribution >= 0.6 is 11.9 Å². The fraction of sp³-hybridized carbons (Fsp3) is 0.370. The van der Waals surface area contributed by atoms with Gasteiger partial charge in [-0.3, -0.25) is 19.6 Å². The van der Waals surface area contributed by atoms with Crippen molar-refractivity contribution in [3.8, 4) is 0 Å². The lowest BCUT2D eigenvalue weighted by Gasteiger charge is -2.21. The average molecular weight is 557 g/mol. The molecule has 2 heterocycles. The minimum absolute atomic E-state index is 0.00382. The molecule has 0 saturated carbocycles. The van der Waals surface area contributed by atoms with Crippen LogP contribution in [0.3, 0.4) is 0 Å². The largest absolute Gasteiger partial charge is 0.329 e. The van der Waals surface area contributed by atoms with E-state index in [1.165, 1.54) is 55.5 Å². The maximum Gasteiger partial charge on any atom is 0.329 e. The summed E-state index contributed by atoms with van der Waals surface area (Å²) in [5.74, 6) is 0.833. The Labute approximate surface area is 229 Å². The first kappa shape index (κ1) is 29.6. The molecule has 1 aromatic carbocycles. The summed E-state index contributed by atoms with van der Waals surface area (Å²) in [7, 11) is -3.75. The van der Waals surface area contributed by atoms with Gasteiger partial charge in [0, 0.05) is 36.9 Å². The van der Waals surface area contributed by atoms with Crippen LogP contribution in [-0.4, -0.2) is 41.6 Å². The topological polar surface area (TPSA) is 130 Å². The Morgan fingerprint density at radius 3 is 1.95 bits per heavy atom. The van der Waals surface area contributed by atoms with Crippen molar-refractivity contribution in [1.29, 1.82) is 0 Å². The maximum absolute atomic E-state index is 12.0. The Morgan fingerprint density at radius 2 is 1.39 bits per heavy atom. The van der Waals surface area contributed by atoms with Gasteiger partial charge in [0.2, 0.25) is 10.0 Å². The molecular formula is C27H36N6O3S2. The number of nitrogens with zero attached hydrogens (tertiary/aromatic N) is 3. The first-order chi connectivity index (χ1) is 18.4. The summed E-state index contributed by atoms with van der Waals surface area (Å²) in [5, 5.41) is 7.74. The molecule has 0 saturated heterocycles. The van der Waals surface area contributed by atoms with Crippen LogP contribution in [0.1, 0.15) is 49.9 Å². The molecule has 4 N–H and O–H groups in total. The first-order valence-electron chi connectivity index (χ1n) is 12.7. The van der Waals surface area contributed by atoms with Gasteiger partial charge in [-0.15, -0.1) is 0 Å². The lowest BCUT2D eigenvalue weighted by Crippen LogP contribution is -2.25. The highest BCUT2D eigenvalue weighted by molar-refractivity contribution is 7.97. The quantitative estimate of drug-likeness (QED) is 0.168. The molecule has 2 aromatic heterocycles. The highest BCUT2D eigenvalue weighted by Crippen LogP contribution is 2.14. The van der Waals surface area contributed by atoms with Crippen LogP contribution in [0.2, 0.25) is 0 Å². The number of carbonyl (C=O) groups excluding carboxylic acids is 1. The first-order valence-corrected chi connectivity index (χ1v) is 15.3. The van der Waals surface area contributed by atoms with E-state index in [1.54, 1.807) is 0 Å². The van der Waals surface area contributed by atoms with E-state index in [-0.39, 0.29) is 10.9 Å². The van der Waals surface area contributed by atoms with Crippen LogP contribution in [0.4, 0.5) is 10.5 Å². The third-order valence-electron chi connectivity index (χ3n) is 5.80. The van der Waals surface area contributed by atoms with E-state index in [9.17, 15) is 13.2 Å². The monoisotopic (exact) mass is 556 g/mol. The molecule has 2 amide bonds. The second-order valence-corrected chi connectivity index (χ2v) is 11.4. The lowest BCUT2D eigenvalue weighted by molar-refractivity contribution is 0.244. The van der Waals surface area contributed by atoms with Crippen molar-refractivity contribution in [2.45, 2.75) is 56.5 Å². The van der Waals surface area contributed by atoms with Crippen LogP contribution in [0.25, 0.3) is 0 Å². The standard InChI is InChI=1S/C27H36N6O3S2/c28-38(35,36)26-15-13-23(14-16-26)31-27(34)32-37-20-10-4-2-1-3-9-19-33(21-24-11-5-7-17-29-24)22-25-12-6-8-18-30-25/h5-8,11-18H,1-4,9-10,19-22H2,(H2,28,35,36)(H2,31,32,34). The summed E-state index contributed by atoms with van der Waals surface area (Å²) >= 11 is 1.37. The zero-order valence-corrected chi connectivity index (χ0v) is 23.1. The van der Waals surface area contributed by atoms with Crippen molar-refractivity contribution in [2.24, 2.45) is 5.14 Å². The SMILES string of the molecule is NS(=O)(=O)c1ccc(NC(=O)NSCCCCCCCCN(Cc2ccccn2)Cc2ccccn2)cc1. The number of pyridine rings is 2. The number of hydrogen-bond acceptors (Lipinski definition) is 7. The maximum atomic E-state index is 12.0. The fourth-order valence-electron chi connectivity index (χ4n) is 3.87. The van der Waals surface area contributed by atoms with Crippen molar-refractivity contribution in [3.63, 3.8) is 0 Å². The van der Waals surface area contributed by atoms with Gasteiger partial charge in [-0.1, -0.05) is 37.8 Å². The van der Waals surface area contributed by atoms with Crippen molar-refractivity contribution >= 4 is 33.7 Å². The second kappa shape index (κ2) is 16.1. The zero-order chi connectivity index (χ0) is 27.1. The molecule has 9 nitrogen and oxygen atoms in total. The molecule has 11 heteroatoms. The number of anilines is 1. The van der Waals surface area contributed by atoms with Crippen LogP contribution in [-0.2, 0) is 23.1 Å². The van der Waals surface area contributed by atoms with Gasteiger partial charge >= 0.3 is 6.03 Å². The van der Waals surface area contributed by atoms with Gasteiger partial charge < -0.3 is 5.32 Å². The van der Waals surface area contributed by atoms with Crippen LogP contribution in [0.15, 0.2) is 78.0 Å². The van der Waals surface area contributed by atoms with E-state index in [0.29, 0.717) is 5.69 Å². The van der Waals surface area contributed by atoms with Crippen molar-refractivity contribution in [3.05, 3.63) is 84.4 Å². The Balaban J connectivity index is 1.24. The fourth-order valence-corrected chi connectivity index (χ4v) is 5.02. The van der Waals surface area contributed by atoms with Gasteiger partial charge in [-0.05, 0) is 79.9 Å². The normalized spacial score (nSPS) is 11.4. The highest BCUT2D eigenvalue weighted by Gasteiger charge is 2.09. The number of hydrogen-bond donors (Lipinski definition) is 3. The Kier molecular flexibility index (Phi) is 12.5. The molecular weight excluding hydrogens is 520 g/mol. The molecule has 3 aromatic rings. The van der Waals surface area contributed by atoms with E-state index in [0.717, 1.165) is 56.0 Å². The summed E-state index contributed by atoms with van der Waals surface area (Å²) in [6.45, 7) is 2.64. The number of carbonyl (C=O) groups is 1. The van der Waals surface area contributed by atoms with E-state index in [2.05, 4.69) is 37.0 Å². The van der Waals surface area contributed by atoms with E-state index >= 15 is 0 Å². The van der Waals surface area contributed by atoms with Gasteiger partial charge in [-0.2, -0.15) is 0 Å². The summed E-state index contributed by atoms with van der Waals surface area (Å²) in [6, 6.07) is 17.4. The highest BCUT2D eigenvalue weighted by atomic mass is 32.2. The molecule has 204 valence electrons. The van der Waals surface area contributed by atoms with Crippen LogP contribution in [0.5, 0.6) is 0 Å². The van der Waals surface area contributed by atoms with Gasteiger partial charge in [-0.25, -0.2) is 18.4 Å². The number of aromatic nitrogens is 2. The Hall–Kier alpha value is -2.99. The molecule has 0 bridgehead atoms. The van der Waals surface area contributed by atoms with E-state index in [4.69, 9.17) is 5.14 Å². The number of unbranched alkanes of at least 4 members (excludes halogenated alkanes) is 5. The number of benzene rings is 1. The molecule has 0 radical (unpaired) electrons. The molecule has 0 fully saturated rings. The zero-order valence-electron chi connectivity index (χ0n) is 21.5. The number of primary sulfonamides is 1. The summed E-state index contributed by atoms with van der Waals surface area (Å²) in [6.07, 6.45) is 10.5. The minimum Gasteiger partial charge on any atom is -0.307 e. The lowest BCUT2D eigenvalue weighted by atomic mass is 10.1. The smallest absolute Gasteiger partial charge is 0.307 e. The third kappa shape index (κ3) is 11.6. The number of urea groups is 1. The number of rotatable bonds is 16. The predicted molar refractivity (Wildman–Crippen MR) is 153 cm³/mol. The van der Waals surface area contributed by atoms with Gasteiger partial charge in [0.15, 0.2) is 0 Å². The number of nitrogens with two attached hydrogens (primary N) is 1.